The number of allylic oxidation sites excluding steroid dienone is 2. The van der Waals surface area contributed by atoms with Gasteiger partial charge in [-0.3, -0.25) is 0 Å². The Morgan fingerprint density at radius 2 is 1.91 bits per heavy atom. The van der Waals surface area contributed by atoms with Crippen molar-refractivity contribution in [2.45, 2.75) is 77.8 Å². The van der Waals surface area contributed by atoms with Crippen LogP contribution in [0.4, 0.5) is 0 Å². The van der Waals surface area contributed by atoms with Gasteiger partial charge in [0.2, 0.25) is 10.0 Å². The van der Waals surface area contributed by atoms with Crippen molar-refractivity contribution < 1.29 is 13.2 Å². The lowest BCUT2D eigenvalue weighted by atomic mass is 9.58. The predicted molar refractivity (Wildman–Crippen MR) is 144 cm³/mol. The van der Waals surface area contributed by atoms with E-state index in [0.29, 0.717) is 13.0 Å². The third-order valence-corrected chi connectivity index (χ3v) is 8.16. The van der Waals surface area contributed by atoms with Crippen molar-refractivity contribution in [1.29, 1.82) is 0 Å². The number of hydrogen-bond acceptors (Lipinski definition) is 4. The Hall–Kier alpha value is -1.60. The second kappa shape index (κ2) is 12.9. The van der Waals surface area contributed by atoms with E-state index in [2.05, 4.69) is 41.8 Å². The summed E-state index contributed by atoms with van der Waals surface area (Å²) < 4.78 is 32.7. The Bertz CT molecular complexity index is 978. The summed E-state index contributed by atoms with van der Waals surface area (Å²) in [6.45, 7) is 15.1. The quantitative estimate of drug-likeness (QED) is 0.187. The van der Waals surface area contributed by atoms with Gasteiger partial charge in [-0.05, 0) is 88.9 Å². The average Bonchev–Trinajstić information content (AvgIpc) is 2.72. The molecule has 34 heavy (non-hydrogen) atoms. The highest BCUT2D eigenvalue weighted by Gasteiger charge is 2.46. The Morgan fingerprint density at radius 1 is 1.26 bits per heavy atom. The molecule has 1 atom stereocenters. The van der Waals surface area contributed by atoms with Crippen LogP contribution in [0.5, 0.6) is 0 Å². The summed E-state index contributed by atoms with van der Waals surface area (Å²) in [4.78, 5) is 0. The van der Waals surface area contributed by atoms with Gasteiger partial charge in [0.1, 0.15) is 5.76 Å². The molecule has 1 unspecified atom stereocenters. The smallest absolute Gasteiger partial charge is 0.211 e. The molecule has 1 saturated carbocycles. The van der Waals surface area contributed by atoms with Crippen LogP contribution in [0.2, 0.25) is 5.02 Å². The molecule has 0 amide bonds. The van der Waals surface area contributed by atoms with Crippen LogP contribution in [0, 0.1) is 0 Å². The maximum atomic E-state index is 12.1. The van der Waals surface area contributed by atoms with Gasteiger partial charge in [0.05, 0.1) is 12.4 Å². The third kappa shape index (κ3) is 7.70. The molecule has 7 heteroatoms. The van der Waals surface area contributed by atoms with Crippen LogP contribution in [-0.4, -0.2) is 39.4 Å². The summed E-state index contributed by atoms with van der Waals surface area (Å²) in [5.41, 5.74) is 3.35. The van der Waals surface area contributed by atoms with Crippen molar-refractivity contribution in [3.63, 3.8) is 0 Å². The zero-order valence-corrected chi connectivity index (χ0v) is 22.9. The van der Waals surface area contributed by atoms with Crippen molar-refractivity contribution >= 4 is 21.6 Å². The lowest BCUT2D eigenvalue weighted by molar-refractivity contribution is 0.189. The number of sulfonamides is 1. The van der Waals surface area contributed by atoms with E-state index in [1.807, 2.05) is 45.9 Å². The minimum Gasteiger partial charge on any atom is -0.494 e. The van der Waals surface area contributed by atoms with Crippen LogP contribution in [0.15, 0.2) is 59.9 Å². The molecule has 190 valence electrons. The molecule has 0 heterocycles. The summed E-state index contributed by atoms with van der Waals surface area (Å²) in [5, 5.41) is 4.46. The van der Waals surface area contributed by atoms with Crippen molar-refractivity contribution in [3.8, 4) is 0 Å². The average molecular weight is 509 g/mol. The van der Waals surface area contributed by atoms with E-state index in [1.165, 1.54) is 12.0 Å². The zero-order chi connectivity index (χ0) is 25.4. The van der Waals surface area contributed by atoms with E-state index < -0.39 is 10.0 Å². The first-order valence-corrected chi connectivity index (χ1v) is 14.2. The SMILES string of the molecule is C=C(C)/C(=C\C(=C/C)OCCCS(=O)(=O)NC(C)C)C(NCC)C1(c2ccc(Cl)cc2)CCC1. The molecule has 1 aromatic carbocycles. The minimum absolute atomic E-state index is 0.0270. The Kier molecular flexibility index (Phi) is 10.9. The number of hydrogen-bond donors (Lipinski definition) is 2. The highest BCUT2D eigenvalue weighted by atomic mass is 35.5. The van der Waals surface area contributed by atoms with Gasteiger partial charge in [-0.15, -0.1) is 0 Å². The first kappa shape index (κ1) is 28.6. The maximum absolute atomic E-state index is 12.1. The highest BCUT2D eigenvalue weighted by molar-refractivity contribution is 7.89. The van der Waals surface area contributed by atoms with Gasteiger partial charge in [-0.2, -0.15) is 0 Å². The van der Waals surface area contributed by atoms with E-state index in [4.69, 9.17) is 16.3 Å². The Labute approximate surface area is 211 Å². The monoisotopic (exact) mass is 508 g/mol. The van der Waals surface area contributed by atoms with Gasteiger partial charge < -0.3 is 10.1 Å². The van der Waals surface area contributed by atoms with Crippen molar-refractivity contribution in [1.82, 2.24) is 10.0 Å². The first-order valence-electron chi connectivity index (χ1n) is 12.2. The minimum atomic E-state index is -3.29. The molecule has 1 aliphatic carbocycles. The molecule has 0 aliphatic heterocycles. The molecule has 0 saturated heterocycles. The highest BCUT2D eigenvalue weighted by Crippen LogP contribution is 2.49. The normalized spacial score (nSPS) is 17.4. The van der Waals surface area contributed by atoms with Crippen LogP contribution >= 0.6 is 11.6 Å². The van der Waals surface area contributed by atoms with E-state index in [-0.39, 0.29) is 23.3 Å². The van der Waals surface area contributed by atoms with Crippen molar-refractivity contribution in [2.75, 3.05) is 18.9 Å². The van der Waals surface area contributed by atoms with Crippen LogP contribution < -0.4 is 10.0 Å². The second-order valence-corrected chi connectivity index (χ2v) is 11.7. The topological polar surface area (TPSA) is 67.4 Å². The molecule has 1 fully saturated rings. The summed E-state index contributed by atoms with van der Waals surface area (Å²) in [6.07, 6.45) is 7.75. The third-order valence-electron chi connectivity index (χ3n) is 6.25. The molecular weight excluding hydrogens is 468 g/mol. The standard InChI is InChI=1S/C27H41ClN2O3S/c1-7-24(33-17-10-18-34(31,32)30-21(5)6)19-25(20(3)4)26(29-8-2)27(15-9-16-27)22-11-13-23(28)14-12-22/h7,11-14,19,21,26,29-30H,3,8-10,15-18H2,1-2,4-6H3/b24-7+,25-19+. The van der Waals surface area contributed by atoms with Gasteiger partial charge in [0.15, 0.2) is 0 Å². The lowest BCUT2D eigenvalue weighted by Crippen LogP contribution is -2.54. The second-order valence-electron chi connectivity index (χ2n) is 9.37. The fourth-order valence-electron chi connectivity index (χ4n) is 4.56. The van der Waals surface area contributed by atoms with Crippen LogP contribution in [0.25, 0.3) is 0 Å². The largest absolute Gasteiger partial charge is 0.494 e. The molecule has 0 bridgehead atoms. The first-order chi connectivity index (χ1) is 16.0. The molecular formula is C27H41ClN2O3S. The van der Waals surface area contributed by atoms with E-state index in [1.54, 1.807) is 0 Å². The van der Waals surface area contributed by atoms with Gasteiger partial charge in [-0.25, -0.2) is 13.1 Å². The Morgan fingerprint density at radius 3 is 2.38 bits per heavy atom. The molecule has 0 radical (unpaired) electrons. The van der Waals surface area contributed by atoms with Crippen molar-refractivity contribution in [3.05, 3.63) is 70.5 Å². The molecule has 5 nitrogen and oxygen atoms in total. The van der Waals surface area contributed by atoms with Crippen LogP contribution in [0.1, 0.15) is 65.9 Å². The zero-order valence-electron chi connectivity index (χ0n) is 21.3. The fourth-order valence-corrected chi connectivity index (χ4v) is 6.02. The van der Waals surface area contributed by atoms with Gasteiger partial charge in [0.25, 0.3) is 0 Å². The van der Waals surface area contributed by atoms with Gasteiger partial charge >= 0.3 is 0 Å². The molecule has 1 aliphatic rings. The van der Waals surface area contributed by atoms with Crippen molar-refractivity contribution in [2.24, 2.45) is 0 Å². The Balaban J connectivity index is 2.23. The fraction of sp³-hybridized carbons (Fsp3) is 0.556. The molecule has 0 spiro atoms. The number of nitrogens with one attached hydrogen (secondary N) is 2. The van der Waals surface area contributed by atoms with Crippen LogP contribution in [-0.2, 0) is 20.2 Å². The van der Waals surface area contributed by atoms with E-state index >= 15 is 0 Å². The number of benzene rings is 1. The lowest BCUT2D eigenvalue weighted by Gasteiger charge is -2.50. The molecule has 2 N–H and O–H groups in total. The van der Waals surface area contributed by atoms with Gasteiger partial charge in [0, 0.05) is 22.5 Å². The van der Waals surface area contributed by atoms with E-state index in [0.717, 1.165) is 41.3 Å². The predicted octanol–water partition coefficient (Wildman–Crippen LogP) is 5.88. The number of ether oxygens (including phenoxy) is 1. The molecule has 1 aromatic rings. The molecule has 2 rings (SSSR count). The summed E-state index contributed by atoms with van der Waals surface area (Å²) in [6, 6.07) is 8.18. The van der Waals surface area contributed by atoms with Crippen LogP contribution in [0.3, 0.4) is 0 Å². The molecule has 0 aromatic heterocycles. The summed E-state index contributed by atoms with van der Waals surface area (Å²) in [7, 11) is -3.29. The van der Waals surface area contributed by atoms with E-state index in [9.17, 15) is 8.42 Å². The number of halogens is 1. The maximum Gasteiger partial charge on any atom is 0.211 e. The number of rotatable bonds is 14. The number of likely N-dealkylation sites (N-methyl/N-ethyl adjacent to an activating group) is 1. The summed E-state index contributed by atoms with van der Waals surface area (Å²) >= 11 is 6.17. The summed E-state index contributed by atoms with van der Waals surface area (Å²) in [5.74, 6) is 0.763. The van der Waals surface area contributed by atoms with Gasteiger partial charge in [-0.1, -0.05) is 49.2 Å².